The maximum absolute atomic E-state index is 12.5. The van der Waals surface area contributed by atoms with E-state index >= 15 is 0 Å². The highest BCUT2D eigenvalue weighted by molar-refractivity contribution is 5.89. The number of aliphatic hydroxyl groups excluding tert-OH is 1. The van der Waals surface area contributed by atoms with Gasteiger partial charge in [0.25, 0.3) is 0 Å². The number of alkyl halides is 3. The smallest absolute Gasteiger partial charge is 0.416 e. The molecule has 1 aliphatic rings. The summed E-state index contributed by atoms with van der Waals surface area (Å²) in [6, 6.07) is 2.90. The number of anilines is 1. The van der Waals surface area contributed by atoms with Gasteiger partial charge in [-0.3, -0.25) is 4.79 Å². The van der Waals surface area contributed by atoms with Crippen LogP contribution >= 0.6 is 0 Å². The minimum Gasteiger partial charge on any atom is -0.469 e. The maximum Gasteiger partial charge on any atom is 0.416 e. The predicted octanol–water partition coefficient (Wildman–Crippen LogP) is 2.30. The lowest BCUT2D eigenvalue weighted by molar-refractivity contribution is -0.149. The van der Waals surface area contributed by atoms with Crippen LogP contribution in [-0.4, -0.2) is 49.1 Å². The molecular weight excluding hydrogens is 369 g/mol. The van der Waals surface area contributed by atoms with Crippen LogP contribution in [0.3, 0.4) is 0 Å². The van der Waals surface area contributed by atoms with Gasteiger partial charge in [0, 0.05) is 5.69 Å². The zero-order valence-electron chi connectivity index (χ0n) is 14.6. The van der Waals surface area contributed by atoms with E-state index in [9.17, 15) is 27.9 Å². The van der Waals surface area contributed by atoms with Gasteiger partial charge in [0.15, 0.2) is 0 Å². The number of amides is 2. The van der Waals surface area contributed by atoms with E-state index in [1.165, 1.54) is 7.11 Å². The Morgan fingerprint density at radius 2 is 1.93 bits per heavy atom. The van der Waals surface area contributed by atoms with Crippen molar-refractivity contribution < 1.29 is 37.3 Å². The van der Waals surface area contributed by atoms with Crippen molar-refractivity contribution in [2.45, 2.75) is 43.7 Å². The van der Waals surface area contributed by atoms with Crippen LogP contribution in [-0.2, 0) is 20.4 Å². The molecule has 0 spiro atoms. The highest BCUT2D eigenvalue weighted by atomic mass is 19.4. The van der Waals surface area contributed by atoms with Crippen molar-refractivity contribution in [1.82, 2.24) is 5.32 Å². The molecule has 10 heteroatoms. The molecule has 150 valence electrons. The topological polar surface area (TPSA) is 96.9 Å². The number of benzene rings is 1. The van der Waals surface area contributed by atoms with Gasteiger partial charge in [-0.1, -0.05) is 0 Å². The lowest BCUT2D eigenvalue weighted by Gasteiger charge is -2.35. The summed E-state index contributed by atoms with van der Waals surface area (Å²) in [5.74, 6) is -0.428. The summed E-state index contributed by atoms with van der Waals surface area (Å²) in [6.45, 7) is -0.358. The van der Waals surface area contributed by atoms with Gasteiger partial charge in [0.1, 0.15) is 6.10 Å². The molecule has 0 unspecified atom stereocenters. The van der Waals surface area contributed by atoms with Crippen LogP contribution < -0.4 is 10.6 Å². The van der Waals surface area contributed by atoms with E-state index in [1.54, 1.807) is 0 Å². The van der Waals surface area contributed by atoms with E-state index in [4.69, 9.17) is 4.74 Å². The van der Waals surface area contributed by atoms with Crippen molar-refractivity contribution in [3.63, 3.8) is 0 Å². The number of nitrogens with one attached hydrogen (secondary N) is 2. The Morgan fingerprint density at radius 3 is 2.48 bits per heavy atom. The van der Waals surface area contributed by atoms with E-state index in [-0.39, 0.29) is 18.7 Å². The Hall–Kier alpha value is -2.33. The number of ether oxygens (including phenoxy) is 2. The quantitative estimate of drug-likeness (QED) is 0.671. The van der Waals surface area contributed by atoms with Crippen LogP contribution in [0, 0.1) is 0 Å². The first-order valence-corrected chi connectivity index (χ1v) is 8.31. The van der Waals surface area contributed by atoms with Crippen LogP contribution in [0.4, 0.5) is 23.7 Å². The minimum atomic E-state index is -4.45. The van der Waals surface area contributed by atoms with Crippen LogP contribution in [0.15, 0.2) is 24.3 Å². The average molecular weight is 390 g/mol. The highest BCUT2D eigenvalue weighted by Crippen LogP contribution is 2.29. The molecular formula is C17H21F3N2O5. The van der Waals surface area contributed by atoms with Gasteiger partial charge < -0.3 is 25.2 Å². The van der Waals surface area contributed by atoms with Crippen molar-refractivity contribution in [2.24, 2.45) is 0 Å². The summed E-state index contributed by atoms with van der Waals surface area (Å²) >= 11 is 0. The molecule has 7 nitrogen and oxygen atoms in total. The van der Waals surface area contributed by atoms with Crippen molar-refractivity contribution in [2.75, 3.05) is 19.0 Å². The third-order valence-electron chi connectivity index (χ3n) is 4.20. The fraction of sp³-hybridized carbons (Fsp3) is 0.529. The average Bonchev–Trinajstić information content (AvgIpc) is 2.62. The molecule has 1 heterocycles. The minimum absolute atomic E-state index is 0.0530. The molecule has 1 fully saturated rings. The molecule has 3 atom stereocenters. The number of rotatable bonds is 5. The number of carbonyl (C=O) groups is 2. The summed E-state index contributed by atoms with van der Waals surface area (Å²) < 4.78 is 47.8. The fourth-order valence-electron chi connectivity index (χ4n) is 2.79. The third kappa shape index (κ3) is 6.10. The van der Waals surface area contributed by atoms with Gasteiger partial charge in [-0.2, -0.15) is 13.2 Å². The van der Waals surface area contributed by atoms with Gasteiger partial charge in [0.2, 0.25) is 0 Å². The summed E-state index contributed by atoms with van der Waals surface area (Å²) in [6.07, 6.45) is -4.56. The summed E-state index contributed by atoms with van der Waals surface area (Å²) in [5.41, 5.74) is -0.618. The first kappa shape index (κ1) is 21.0. The number of hydrogen-bond acceptors (Lipinski definition) is 5. The lowest BCUT2D eigenvalue weighted by atomic mass is 9.97. The highest BCUT2D eigenvalue weighted by Gasteiger charge is 2.33. The number of esters is 1. The zero-order chi connectivity index (χ0) is 20.0. The number of aliphatic hydroxyl groups is 1. The van der Waals surface area contributed by atoms with Crippen molar-refractivity contribution in [1.29, 1.82) is 0 Å². The predicted molar refractivity (Wildman–Crippen MR) is 89.0 cm³/mol. The molecule has 2 amide bonds. The second kappa shape index (κ2) is 9.05. The van der Waals surface area contributed by atoms with Gasteiger partial charge >= 0.3 is 18.2 Å². The molecule has 0 aromatic heterocycles. The molecule has 27 heavy (non-hydrogen) atoms. The Bertz CT molecular complexity index is 651. The van der Waals surface area contributed by atoms with Crippen LogP contribution in [0.5, 0.6) is 0 Å². The molecule has 2 rings (SSSR count). The third-order valence-corrected chi connectivity index (χ3v) is 4.20. The molecule has 1 aromatic carbocycles. The van der Waals surface area contributed by atoms with E-state index < -0.39 is 42.0 Å². The Labute approximate surface area is 153 Å². The summed E-state index contributed by atoms with van der Waals surface area (Å²) in [7, 11) is 1.27. The molecule has 3 N–H and O–H groups in total. The van der Waals surface area contributed by atoms with Crippen molar-refractivity contribution >= 4 is 17.7 Å². The molecule has 1 aliphatic heterocycles. The van der Waals surface area contributed by atoms with Crippen LogP contribution in [0.2, 0.25) is 0 Å². The molecule has 0 radical (unpaired) electrons. The summed E-state index contributed by atoms with van der Waals surface area (Å²) in [4.78, 5) is 23.4. The molecule has 0 aliphatic carbocycles. The second-order valence-electron chi connectivity index (χ2n) is 6.12. The van der Waals surface area contributed by atoms with Crippen LogP contribution in [0.1, 0.15) is 24.8 Å². The summed E-state index contributed by atoms with van der Waals surface area (Å²) in [5, 5.41) is 14.5. The standard InChI is InChI=1S/C17H21F3N2O5/c1-26-15(24)8-12-6-7-13(14(9-23)27-12)22-16(25)21-11-4-2-10(3-5-11)17(18,19)20/h2-5,12-14,23H,6-9H2,1H3,(H2,21,22,25)/t12-,13+,14-/m1/s1. The Kier molecular flexibility index (Phi) is 7.03. The Balaban J connectivity index is 1.88. The molecule has 1 saturated heterocycles. The van der Waals surface area contributed by atoms with Gasteiger partial charge in [-0.15, -0.1) is 0 Å². The Morgan fingerprint density at radius 1 is 1.26 bits per heavy atom. The first-order valence-electron chi connectivity index (χ1n) is 8.31. The lowest BCUT2D eigenvalue weighted by Crippen LogP contribution is -2.52. The first-order chi connectivity index (χ1) is 12.7. The monoisotopic (exact) mass is 390 g/mol. The maximum atomic E-state index is 12.5. The molecule has 0 saturated carbocycles. The molecule has 0 bridgehead atoms. The van der Waals surface area contributed by atoms with Crippen molar-refractivity contribution in [3.8, 4) is 0 Å². The normalized spacial score (nSPS) is 22.8. The van der Waals surface area contributed by atoms with Crippen LogP contribution in [0.25, 0.3) is 0 Å². The number of halogens is 3. The number of urea groups is 1. The van der Waals surface area contributed by atoms with Gasteiger partial charge in [-0.25, -0.2) is 4.79 Å². The number of hydrogen-bond donors (Lipinski definition) is 3. The van der Waals surface area contributed by atoms with E-state index in [1.807, 2.05) is 0 Å². The van der Waals surface area contributed by atoms with Gasteiger partial charge in [-0.05, 0) is 37.1 Å². The van der Waals surface area contributed by atoms with E-state index in [0.717, 1.165) is 24.3 Å². The number of methoxy groups -OCH3 is 1. The van der Waals surface area contributed by atoms with E-state index in [2.05, 4.69) is 15.4 Å². The second-order valence-corrected chi connectivity index (χ2v) is 6.12. The largest absolute Gasteiger partial charge is 0.469 e. The van der Waals surface area contributed by atoms with Gasteiger partial charge in [0.05, 0.1) is 37.8 Å². The number of carbonyl (C=O) groups excluding carboxylic acids is 2. The zero-order valence-corrected chi connectivity index (χ0v) is 14.6. The molecule has 1 aromatic rings. The van der Waals surface area contributed by atoms with Crippen molar-refractivity contribution in [3.05, 3.63) is 29.8 Å². The SMILES string of the molecule is COC(=O)C[C@H]1CC[C@H](NC(=O)Nc2ccc(C(F)(F)F)cc2)[C@@H](CO)O1. The van der Waals surface area contributed by atoms with E-state index in [0.29, 0.717) is 12.8 Å². The fourth-order valence-corrected chi connectivity index (χ4v) is 2.79.